The number of amides is 4. The van der Waals surface area contributed by atoms with Gasteiger partial charge in [-0.1, -0.05) is 81.6 Å². The van der Waals surface area contributed by atoms with E-state index in [0.29, 0.717) is 12.0 Å². The van der Waals surface area contributed by atoms with Gasteiger partial charge >= 0.3 is 6.03 Å². The van der Waals surface area contributed by atoms with Crippen molar-refractivity contribution in [2.75, 3.05) is 4.90 Å². The maximum Gasteiger partial charge on any atom is 0.335 e. The second kappa shape index (κ2) is 9.28. The van der Waals surface area contributed by atoms with Crippen LogP contribution < -0.4 is 10.2 Å². The van der Waals surface area contributed by atoms with Crippen molar-refractivity contribution in [3.8, 4) is 0 Å². The summed E-state index contributed by atoms with van der Waals surface area (Å²) in [5, 5.41) is 2.69. The number of nitrogens with one attached hydrogen (secondary N) is 1. The molecule has 32 heavy (non-hydrogen) atoms. The predicted octanol–water partition coefficient (Wildman–Crippen LogP) is 6.01. The van der Waals surface area contributed by atoms with Gasteiger partial charge in [-0.2, -0.15) is 0 Å². The number of imide groups is 2. The third-order valence-corrected chi connectivity index (χ3v) is 6.47. The fourth-order valence-electron chi connectivity index (χ4n) is 3.35. The van der Waals surface area contributed by atoms with Gasteiger partial charge in [-0.15, -0.1) is 0 Å². The molecule has 1 N–H and O–H groups in total. The topological polar surface area (TPSA) is 66.5 Å². The summed E-state index contributed by atoms with van der Waals surface area (Å²) in [6.07, 6.45) is 2.09. The summed E-state index contributed by atoms with van der Waals surface area (Å²) in [6, 6.07) is 18.8. The number of halogens is 3. The molecule has 1 saturated heterocycles. The van der Waals surface area contributed by atoms with E-state index in [-0.39, 0.29) is 21.3 Å². The normalized spacial score (nSPS) is 15.3. The zero-order chi connectivity index (χ0) is 22.8. The molecule has 3 aromatic carbocycles. The molecule has 0 atom stereocenters. The van der Waals surface area contributed by atoms with Crippen molar-refractivity contribution in [3.63, 3.8) is 0 Å². The Morgan fingerprint density at radius 2 is 1.56 bits per heavy atom. The summed E-state index contributed by atoms with van der Waals surface area (Å²) in [4.78, 5) is 39.0. The summed E-state index contributed by atoms with van der Waals surface area (Å²) in [6.45, 7) is 0. The fraction of sp³-hybridized carbons (Fsp3) is 0.0417. The number of benzene rings is 3. The first-order valence-electron chi connectivity index (χ1n) is 9.53. The van der Waals surface area contributed by atoms with Gasteiger partial charge in [-0.3, -0.25) is 14.9 Å². The van der Waals surface area contributed by atoms with Crippen LogP contribution >= 0.6 is 39.1 Å². The number of carbonyl (C=O) groups excluding carboxylic acids is 3. The maximum absolute atomic E-state index is 13.2. The molecule has 0 unspecified atom stereocenters. The summed E-state index contributed by atoms with van der Waals surface area (Å²) >= 11 is 15.5. The van der Waals surface area contributed by atoms with E-state index in [1.807, 2.05) is 48.5 Å². The van der Waals surface area contributed by atoms with Gasteiger partial charge in [0, 0.05) is 4.47 Å². The zero-order valence-electron chi connectivity index (χ0n) is 16.4. The number of barbiturate groups is 1. The second-order valence-electron chi connectivity index (χ2n) is 7.02. The zero-order valence-corrected chi connectivity index (χ0v) is 19.5. The molecular weight excluding hydrogens is 515 g/mol. The van der Waals surface area contributed by atoms with E-state index >= 15 is 0 Å². The van der Waals surface area contributed by atoms with Crippen LogP contribution in [0.4, 0.5) is 10.5 Å². The van der Waals surface area contributed by atoms with Crippen LogP contribution in [0.2, 0.25) is 10.0 Å². The Morgan fingerprint density at radius 3 is 2.28 bits per heavy atom. The minimum Gasteiger partial charge on any atom is -0.273 e. The first-order valence-corrected chi connectivity index (χ1v) is 11.1. The van der Waals surface area contributed by atoms with E-state index in [9.17, 15) is 14.4 Å². The Bertz CT molecular complexity index is 1290. The van der Waals surface area contributed by atoms with Crippen LogP contribution in [0.3, 0.4) is 0 Å². The molecule has 4 rings (SSSR count). The van der Waals surface area contributed by atoms with Gasteiger partial charge in [0.25, 0.3) is 11.8 Å². The average molecular weight is 530 g/mol. The van der Waals surface area contributed by atoms with Crippen molar-refractivity contribution < 1.29 is 14.4 Å². The lowest BCUT2D eigenvalue weighted by atomic mass is 9.97. The highest BCUT2D eigenvalue weighted by molar-refractivity contribution is 9.10. The molecule has 5 nitrogen and oxygen atoms in total. The Kier molecular flexibility index (Phi) is 6.46. The van der Waals surface area contributed by atoms with E-state index in [1.165, 1.54) is 24.3 Å². The number of hydrogen-bond acceptors (Lipinski definition) is 3. The first-order chi connectivity index (χ1) is 15.3. The SMILES string of the molecule is O=C1NC(=O)N(c2ccc(Cl)c(Cl)c2)C(=O)/C1=C/c1ccccc1Cc1ccccc1Br. The Morgan fingerprint density at radius 1 is 0.875 bits per heavy atom. The molecule has 160 valence electrons. The lowest BCUT2D eigenvalue weighted by Crippen LogP contribution is -2.54. The van der Waals surface area contributed by atoms with Crippen molar-refractivity contribution in [2.24, 2.45) is 0 Å². The number of anilines is 1. The molecular formula is C24H15BrCl2N2O3. The molecule has 0 aliphatic carbocycles. The molecule has 0 bridgehead atoms. The third kappa shape index (κ3) is 4.48. The summed E-state index contributed by atoms with van der Waals surface area (Å²) in [5.41, 5.74) is 2.73. The number of carbonyl (C=O) groups is 3. The molecule has 0 spiro atoms. The molecule has 3 aromatic rings. The summed E-state index contributed by atoms with van der Waals surface area (Å²) in [5.74, 6) is -1.50. The van der Waals surface area contributed by atoms with E-state index in [4.69, 9.17) is 23.2 Å². The second-order valence-corrected chi connectivity index (χ2v) is 8.69. The minimum atomic E-state index is -0.850. The van der Waals surface area contributed by atoms with Crippen molar-refractivity contribution in [1.29, 1.82) is 0 Å². The average Bonchev–Trinajstić information content (AvgIpc) is 2.76. The molecule has 1 aliphatic rings. The Hall–Kier alpha value is -2.93. The van der Waals surface area contributed by atoms with Gasteiger partial charge in [-0.05, 0) is 53.5 Å². The van der Waals surface area contributed by atoms with Crippen LogP contribution in [0.5, 0.6) is 0 Å². The predicted molar refractivity (Wildman–Crippen MR) is 129 cm³/mol. The number of hydrogen-bond donors (Lipinski definition) is 1. The molecule has 8 heteroatoms. The van der Waals surface area contributed by atoms with Gasteiger partial charge in [-0.25, -0.2) is 9.69 Å². The van der Waals surface area contributed by atoms with Crippen molar-refractivity contribution >= 4 is 68.7 Å². The summed E-state index contributed by atoms with van der Waals surface area (Å²) in [7, 11) is 0. The van der Waals surface area contributed by atoms with Crippen LogP contribution in [0.25, 0.3) is 6.08 Å². The Labute approximate surface area is 202 Å². The maximum atomic E-state index is 13.2. The number of rotatable bonds is 4. The first kappa shape index (κ1) is 22.3. The third-order valence-electron chi connectivity index (χ3n) is 4.96. The molecule has 0 radical (unpaired) electrons. The van der Waals surface area contributed by atoms with Gasteiger partial charge in [0.2, 0.25) is 0 Å². The van der Waals surface area contributed by atoms with Crippen LogP contribution in [-0.4, -0.2) is 17.8 Å². The van der Waals surface area contributed by atoms with Crippen molar-refractivity contribution in [1.82, 2.24) is 5.32 Å². The van der Waals surface area contributed by atoms with Crippen molar-refractivity contribution in [2.45, 2.75) is 6.42 Å². The highest BCUT2D eigenvalue weighted by atomic mass is 79.9. The fourth-order valence-corrected chi connectivity index (χ4v) is 4.07. The van der Waals surface area contributed by atoms with Crippen LogP contribution in [0, 0.1) is 0 Å². The summed E-state index contributed by atoms with van der Waals surface area (Å²) < 4.78 is 0.963. The van der Waals surface area contributed by atoms with Gasteiger partial charge < -0.3 is 0 Å². The highest BCUT2D eigenvalue weighted by Gasteiger charge is 2.37. The van der Waals surface area contributed by atoms with E-state index in [2.05, 4.69) is 21.2 Å². The molecule has 1 aliphatic heterocycles. The largest absolute Gasteiger partial charge is 0.335 e. The standard InChI is InChI=1S/C24H15BrCl2N2O3/c25-19-8-4-3-7-16(19)11-14-5-1-2-6-15(14)12-18-22(30)28-24(32)29(23(18)31)17-9-10-20(26)21(27)13-17/h1-10,12-13H,11H2,(H,28,30,32)/b18-12+. The Balaban J connectivity index is 1.73. The molecule has 0 aromatic heterocycles. The number of nitrogens with zero attached hydrogens (tertiary/aromatic N) is 1. The van der Waals surface area contributed by atoms with E-state index in [0.717, 1.165) is 20.5 Å². The van der Waals surface area contributed by atoms with Gasteiger partial charge in [0.1, 0.15) is 5.57 Å². The van der Waals surface area contributed by atoms with Crippen LogP contribution in [-0.2, 0) is 16.0 Å². The van der Waals surface area contributed by atoms with Crippen LogP contribution in [0.15, 0.2) is 76.8 Å². The van der Waals surface area contributed by atoms with Crippen molar-refractivity contribution in [3.05, 3.63) is 104 Å². The smallest absolute Gasteiger partial charge is 0.273 e. The molecule has 1 fully saturated rings. The van der Waals surface area contributed by atoms with Crippen LogP contribution in [0.1, 0.15) is 16.7 Å². The highest BCUT2D eigenvalue weighted by Crippen LogP contribution is 2.30. The number of urea groups is 1. The van der Waals surface area contributed by atoms with Gasteiger partial charge in [0.15, 0.2) is 0 Å². The molecule has 4 amide bonds. The monoisotopic (exact) mass is 528 g/mol. The lowest BCUT2D eigenvalue weighted by Gasteiger charge is -2.26. The van der Waals surface area contributed by atoms with Gasteiger partial charge in [0.05, 0.1) is 15.7 Å². The van der Waals surface area contributed by atoms with E-state index < -0.39 is 17.8 Å². The minimum absolute atomic E-state index is 0.157. The van der Waals surface area contributed by atoms with E-state index in [1.54, 1.807) is 0 Å². The molecule has 1 heterocycles. The molecule has 0 saturated carbocycles. The quantitative estimate of drug-likeness (QED) is 0.332. The lowest BCUT2D eigenvalue weighted by molar-refractivity contribution is -0.122.